The second-order valence-electron chi connectivity index (χ2n) is 5.79. The van der Waals surface area contributed by atoms with Gasteiger partial charge in [-0.15, -0.1) is 24.8 Å². The number of hydrogen-bond acceptors (Lipinski definition) is 4. The molecule has 2 aromatic rings. The average Bonchev–Trinajstić information content (AvgIpc) is 2.98. The lowest BCUT2D eigenvalue weighted by molar-refractivity contribution is -0.118. The summed E-state index contributed by atoms with van der Waals surface area (Å²) >= 11 is 0. The second-order valence-corrected chi connectivity index (χ2v) is 5.79. The highest BCUT2D eigenvalue weighted by atomic mass is 35.5. The zero-order valence-electron chi connectivity index (χ0n) is 15.1. The van der Waals surface area contributed by atoms with E-state index in [2.05, 4.69) is 20.6 Å². The number of benzene rings is 1. The summed E-state index contributed by atoms with van der Waals surface area (Å²) in [6.07, 6.45) is 3.72. The third-order valence-electron chi connectivity index (χ3n) is 3.31. The monoisotopic (exact) mass is 401 g/mol. The van der Waals surface area contributed by atoms with Gasteiger partial charge in [0.05, 0.1) is 17.4 Å². The topological polar surface area (TPSA) is 79.3 Å². The quantitative estimate of drug-likeness (QED) is 0.691. The Balaban J connectivity index is 0.00000312. The Kier molecular flexibility index (Phi) is 10.6. The Morgan fingerprint density at radius 1 is 1.12 bits per heavy atom. The third-order valence-corrected chi connectivity index (χ3v) is 3.31. The van der Waals surface area contributed by atoms with Crippen LogP contribution in [-0.2, 0) is 11.3 Å². The van der Waals surface area contributed by atoms with Crippen LogP contribution < -0.4 is 10.6 Å². The molecule has 2 N–H and O–H groups in total. The van der Waals surface area contributed by atoms with Crippen molar-refractivity contribution in [3.63, 3.8) is 0 Å². The van der Waals surface area contributed by atoms with Crippen LogP contribution in [0.4, 0.5) is 0 Å². The minimum atomic E-state index is -0.194. The normalized spacial score (nSPS) is 9.85. The molecule has 0 aliphatic rings. The third kappa shape index (κ3) is 7.03. The van der Waals surface area contributed by atoms with Gasteiger partial charge in [-0.25, -0.2) is 4.68 Å². The Morgan fingerprint density at radius 3 is 2.42 bits per heavy atom. The summed E-state index contributed by atoms with van der Waals surface area (Å²) in [6.45, 7) is 3.00. The number of para-hydroxylation sites is 1. The van der Waals surface area contributed by atoms with E-state index >= 15 is 0 Å². The van der Waals surface area contributed by atoms with Crippen molar-refractivity contribution in [2.24, 2.45) is 0 Å². The van der Waals surface area contributed by atoms with E-state index in [1.165, 1.54) is 6.92 Å². The number of nitrogens with one attached hydrogen (secondary N) is 2. The highest BCUT2D eigenvalue weighted by molar-refractivity contribution is 5.97. The Bertz CT molecular complexity index is 719. The molecular formula is C17H25Cl2N5O2. The first-order valence-corrected chi connectivity index (χ1v) is 7.77. The first-order chi connectivity index (χ1) is 11.5. The van der Waals surface area contributed by atoms with Crippen LogP contribution >= 0.6 is 24.8 Å². The fraction of sp³-hybridized carbons (Fsp3) is 0.353. The number of hydrogen-bond donors (Lipinski definition) is 2. The number of carbonyl (C=O) groups excluding carboxylic acids is 2. The van der Waals surface area contributed by atoms with Crippen molar-refractivity contribution < 1.29 is 9.59 Å². The van der Waals surface area contributed by atoms with Crippen molar-refractivity contribution in [1.29, 1.82) is 0 Å². The molecule has 1 heterocycles. The van der Waals surface area contributed by atoms with Crippen molar-refractivity contribution in [3.05, 3.63) is 47.8 Å². The predicted octanol–water partition coefficient (Wildman–Crippen LogP) is 1.64. The van der Waals surface area contributed by atoms with Crippen LogP contribution in [0.5, 0.6) is 0 Å². The fourth-order valence-corrected chi connectivity index (χ4v) is 2.31. The van der Waals surface area contributed by atoms with Crippen LogP contribution in [0, 0.1) is 0 Å². The molecular weight excluding hydrogens is 377 g/mol. The molecule has 0 spiro atoms. The smallest absolute Gasteiger partial charge is 0.253 e. The number of rotatable bonds is 7. The zero-order chi connectivity index (χ0) is 17.5. The summed E-state index contributed by atoms with van der Waals surface area (Å²) in [6, 6.07) is 7.30. The molecule has 0 bridgehead atoms. The van der Waals surface area contributed by atoms with Gasteiger partial charge in [-0.1, -0.05) is 12.1 Å². The van der Waals surface area contributed by atoms with Crippen LogP contribution in [0.1, 0.15) is 22.8 Å². The summed E-state index contributed by atoms with van der Waals surface area (Å²) in [4.78, 5) is 25.3. The average molecular weight is 402 g/mol. The summed E-state index contributed by atoms with van der Waals surface area (Å²) in [5.41, 5.74) is 2.33. The molecule has 1 aromatic carbocycles. The number of halogens is 2. The van der Waals surface area contributed by atoms with Gasteiger partial charge >= 0.3 is 0 Å². The molecule has 0 saturated carbocycles. The van der Waals surface area contributed by atoms with Gasteiger partial charge in [0, 0.05) is 38.3 Å². The molecule has 0 radical (unpaired) electrons. The number of amides is 2. The van der Waals surface area contributed by atoms with Crippen molar-refractivity contribution >= 4 is 36.6 Å². The molecule has 0 fully saturated rings. The number of carbonyl (C=O) groups is 2. The van der Waals surface area contributed by atoms with Gasteiger partial charge in [-0.3, -0.25) is 9.59 Å². The molecule has 7 nitrogen and oxygen atoms in total. The van der Waals surface area contributed by atoms with E-state index in [9.17, 15) is 9.59 Å². The maximum atomic E-state index is 12.4. The molecule has 1 aromatic heterocycles. The molecule has 0 aliphatic carbocycles. The minimum Gasteiger partial charge on any atom is -0.355 e. The van der Waals surface area contributed by atoms with E-state index in [1.807, 2.05) is 38.5 Å². The van der Waals surface area contributed by atoms with Crippen molar-refractivity contribution in [1.82, 2.24) is 25.3 Å². The minimum absolute atomic E-state index is 0. The number of aromatic nitrogens is 2. The standard InChI is InChI=1S/C17H23N5O2.2ClH/c1-13(23)18-8-9-19-17(24)15-6-4-5-7-16(15)22-12-14(10-20-22)11-21(2)3;;/h4-7,10,12H,8-9,11H2,1-3H3,(H,18,23)(H,19,24);2*1H. The zero-order valence-corrected chi connectivity index (χ0v) is 16.7. The van der Waals surface area contributed by atoms with E-state index < -0.39 is 0 Å². The summed E-state index contributed by atoms with van der Waals surface area (Å²) < 4.78 is 1.71. The molecule has 144 valence electrons. The molecule has 9 heteroatoms. The highest BCUT2D eigenvalue weighted by Gasteiger charge is 2.13. The Morgan fingerprint density at radius 2 is 1.77 bits per heavy atom. The molecule has 0 saturated heterocycles. The molecule has 2 rings (SSSR count). The van der Waals surface area contributed by atoms with Gasteiger partial charge in [-0.05, 0) is 26.2 Å². The van der Waals surface area contributed by atoms with E-state index in [0.29, 0.717) is 18.7 Å². The second kappa shape index (κ2) is 11.5. The Hall–Kier alpha value is -2.09. The molecule has 0 atom stereocenters. The summed E-state index contributed by atoms with van der Waals surface area (Å²) in [7, 11) is 3.99. The first-order valence-electron chi connectivity index (χ1n) is 7.77. The lowest BCUT2D eigenvalue weighted by Crippen LogP contribution is -2.34. The van der Waals surface area contributed by atoms with Crippen LogP contribution in [0.3, 0.4) is 0 Å². The first kappa shape index (κ1) is 23.9. The van der Waals surface area contributed by atoms with Crippen LogP contribution in [0.2, 0.25) is 0 Å². The molecule has 26 heavy (non-hydrogen) atoms. The lowest BCUT2D eigenvalue weighted by atomic mass is 10.1. The van der Waals surface area contributed by atoms with Crippen molar-refractivity contribution in [3.8, 4) is 5.69 Å². The van der Waals surface area contributed by atoms with Crippen molar-refractivity contribution in [2.75, 3.05) is 27.2 Å². The maximum Gasteiger partial charge on any atom is 0.253 e. The SMILES string of the molecule is CC(=O)NCCNC(=O)c1ccccc1-n1cc(CN(C)C)cn1.Cl.Cl. The Labute approximate surface area is 166 Å². The maximum absolute atomic E-state index is 12.4. The van der Waals surface area contributed by atoms with Crippen molar-refractivity contribution in [2.45, 2.75) is 13.5 Å². The largest absolute Gasteiger partial charge is 0.355 e. The van der Waals surface area contributed by atoms with Gasteiger partial charge in [-0.2, -0.15) is 5.10 Å². The van der Waals surface area contributed by atoms with Gasteiger partial charge in [0.1, 0.15) is 0 Å². The van der Waals surface area contributed by atoms with E-state index in [0.717, 1.165) is 17.8 Å². The van der Waals surface area contributed by atoms with E-state index in [4.69, 9.17) is 0 Å². The molecule has 2 amide bonds. The van der Waals surface area contributed by atoms with E-state index in [-0.39, 0.29) is 36.6 Å². The summed E-state index contributed by atoms with van der Waals surface area (Å²) in [5.74, 6) is -0.310. The van der Waals surface area contributed by atoms with Gasteiger partial charge in [0.15, 0.2) is 0 Å². The van der Waals surface area contributed by atoms with E-state index in [1.54, 1.807) is 16.9 Å². The molecule has 0 aliphatic heterocycles. The molecule has 0 unspecified atom stereocenters. The van der Waals surface area contributed by atoms with Crippen LogP contribution in [-0.4, -0.2) is 53.7 Å². The fourth-order valence-electron chi connectivity index (χ4n) is 2.31. The van der Waals surface area contributed by atoms with Gasteiger partial charge < -0.3 is 15.5 Å². The lowest BCUT2D eigenvalue weighted by Gasteiger charge is -2.10. The predicted molar refractivity (Wildman–Crippen MR) is 106 cm³/mol. The van der Waals surface area contributed by atoms with Crippen LogP contribution in [0.15, 0.2) is 36.7 Å². The highest BCUT2D eigenvalue weighted by Crippen LogP contribution is 2.15. The summed E-state index contributed by atoms with van der Waals surface area (Å²) in [5, 5.41) is 9.80. The van der Waals surface area contributed by atoms with Gasteiger partial charge in [0.2, 0.25) is 5.91 Å². The van der Waals surface area contributed by atoms with Crippen LogP contribution in [0.25, 0.3) is 5.69 Å². The van der Waals surface area contributed by atoms with Gasteiger partial charge in [0.25, 0.3) is 5.91 Å². The number of nitrogens with zero attached hydrogens (tertiary/aromatic N) is 3.